The zero-order valence-corrected chi connectivity index (χ0v) is 15.2. The third kappa shape index (κ3) is 3.50. The predicted octanol–water partition coefficient (Wildman–Crippen LogP) is 2.52. The molecule has 2 heterocycles. The van der Waals surface area contributed by atoms with Crippen molar-refractivity contribution < 1.29 is 33.2 Å². The van der Waals surface area contributed by atoms with Crippen LogP contribution in [0, 0.1) is 0 Å². The molecule has 0 spiro atoms. The first kappa shape index (κ1) is 18.1. The summed E-state index contributed by atoms with van der Waals surface area (Å²) in [4.78, 5) is 13.1. The standard InChI is InChI=1S/C18H24O7/c1-17(2)24-16(18(3,25-17)9-14(20-4)21-5)15(19)11-6-7-12-13(8-11)23-10-22-12/h6-8,14,16H,9-10H2,1-5H3/t16-,18+/m1/s1. The molecule has 1 saturated heterocycles. The summed E-state index contributed by atoms with van der Waals surface area (Å²) in [6.07, 6.45) is -0.949. The number of methoxy groups -OCH3 is 2. The molecule has 0 aliphatic carbocycles. The molecule has 7 nitrogen and oxygen atoms in total. The quantitative estimate of drug-likeness (QED) is 0.575. The van der Waals surface area contributed by atoms with Gasteiger partial charge in [0, 0.05) is 26.2 Å². The molecule has 0 radical (unpaired) electrons. The van der Waals surface area contributed by atoms with Crippen molar-refractivity contribution in [2.75, 3.05) is 21.0 Å². The van der Waals surface area contributed by atoms with Crippen LogP contribution in [0.25, 0.3) is 0 Å². The second kappa shape index (κ2) is 6.57. The molecule has 2 aliphatic heterocycles. The van der Waals surface area contributed by atoms with E-state index in [4.69, 9.17) is 28.4 Å². The minimum absolute atomic E-state index is 0.157. The molecule has 1 fully saturated rings. The second-order valence-corrected chi connectivity index (χ2v) is 6.85. The third-order valence-corrected chi connectivity index (χ3v) is 4.43. The molecule has 0 bridgehead atoms. The molecule has 1 aromatic carbocycles. The van der Waals surface area contributed by atoms with Crippen LogP contribution in [0.4, 0.5) is 0 Å². The van der Waals surface area contributed by atoms with Crippen LogP contribution in [0.3, 0.4) is 0 Å². The summed E-state index contributed by atoms with van der Waals surface area (Å²) in [5.41, 5.74) is -0.415. The lowest BCUT2D eigenvalue weighted by atomic mass is 9.89. The number of carbonyl (C=O) groups excluding carboxylic acids is 1. The van der Waals surface area contributed by atoms with E-state index < -0.39 is 23.8 Å². The van der Waals surface area contributed by atoms with Crippen LogP contribution in [0.1, 0.15) is 37.6 Å². The average Bonchev–Trinajstić information content (AvgIpc) is 3.12. The summed E-state index contributed by atoms with van der Waals surface area (Å²) in [5, 5.41) is 0. The van der Waals surface area contributed by atoms with Crippen LogP contribution in [-0.4, -0.2) is 50.6 Å². The van der Waals surface area contributed by atoms with Crippen molar-refractivity contribution in [3.63, 3.8) is 0 Å². The van der Waals surface area contributed by atoms with Gasteiger partial charge in [-0.25, -0.2) is 0 Å². The Morgan fingerprint density at radius 2 is 1.88 bits per heavy atom. The number of rotatable bonds is 6. The fourth-order valence-corrected chi connectivity index (χ4v) is 3.32. The number of carbonyl (C=O) groups is 1. The summed E-state index contributed by atoms with van der Waals surface area (Å²) in [5.74, 6) is 0.106. The fraction of sp³-hybridized carbons (Fsp3) is 0.611. The van der Waals surface area contributed by atoms with Crippen LogP contribution in [0.2, 0.25) is 0 Å². The number of ketones is 1. The Bertz CT molecular complexity index is 653. The summed E-state index contributed by atoms with van der Waals surface area (Å²) < 4.78 is 33.2. The molecule has 7 heteroatoms. The monoisotopic (exact) mass is 352 g/mol. The topological polar surface area (TPSA) is 72.5 Å². The van der Waals surface area contributed by atoms with E-state index in [1.807, 2.05) is 6.92 Å². The number of hydrogen-bond donors (Lipinski definition) is 0. The van der Waals surface area contributed by atoms with Gasteiger partial charge in [-0.3, -0.25) is 4.79 Å². The lowest BCUT2D eigenvalue weighted by molar-refractivity contribution is -0.184. The van der Waals surface area contributed by atoms with Crippen LogP contribution in [0.15, 0.2) is 18.2 Å². The highest BCUT2D eigenvalue weighted by molar-refractivity contribution is 6.01. The van der Waals surface area contributed by atoms with Crippen molar-refractivity contribution in [1.29, 1.82) is 0 Å². The van der Waals surface area contributed by atoms with E-state index >= 15 is 0 Å². The zero-order valence-electron chi connectivity index (χ0n) is 15.2. The van der Waals surface area contributed by atoms with Gasteiger partial charge in [0.15, 0.2) is 35.5 Å². The van der Waals surface area contributed by atoms with Gasteiger partial charge < -0.3 is 28.4 Å². The second-order valence-electron chi connectivity index (χ2n) is 6.85. The Balaban J connectivity index is 1.88. The molecule has 138 valence electrons. The van der Waals surface area contributed by atoms with Crippen molar-refractivity contribution in [3.05, 3.63) is 23.8 Å². The number of ether oxygens (including phenoxy) is 6. The van der Waals surface area contributed by atoms with Crippen molar-refractivity contribution in [3.8, 4) is 11.5 Å². The first-order chi connectivity index (χ1) is 11.8. The molecule has 0 N–H and O–H groups in total. The van der Waals surface area contributed by atoms with E-state index in [-0.39, 0.29) is 12.6 Å². The van der Waals surface area contributed by atoms with Gasteiger partial charge in [-0.2, -0.15) is 0 Å². The number of fused-ring (bicyclic) bond motifs is 1. The van der Waals surface area contributed by atoms with E-state index in [0.29, 0.717) is 23.5 Å². The first-order valence-electron chi connectivity index (χ1n) is 8.15. The van der Waals surface area contributed by atoms with E-state index in [9.17, 15) is 4.79 Å². The van der Waals surface area contributed by atoms with E-state index in [1.165, 1.54) is 0 Å². The summed E-state index contributed by atoms with van der Waals surface area (Å²) >= 11 is 0. The maximum absolute atomic E-state index is 13.1. The predicted molar refractivity (Wildman–Crippen MR) is 87.8 cm³/mol. The molecular formula is C18H24O7. The molecular weight excluding hydrogens is 328 g/mol. The Morgan fingerprint density at radius 3 is 2.56 bits per heavy atom. The highest BCUT2D eigenvalue weighted by Gasteiger charge is 2.54. The fourth-order valence-electron chi connectivity index (χ4n) is 3.32. The summed E-state index contributed by atoms with van der Waals surface area (Å²) in [6.45, 7) is 5.56. The van der Waals surface area contributed by atoms with Crippen molar-refractivity contribution >= 4 is 5.78 Å². The van der Waals surface area contributed by atoms with E-state index in [2.05, 4.69) is 0 Å². The van der Waals surface area contributed by atoms with Crippen molar-refractivity contribution in [2.45, 2.75) is 51.0 Å². The minimum atomic E-state index is -0.895. The van der Waals surface area contributed by atoms with Gasteiger partial charge in [-0.1, -0.05) is 0 Å². The van der Waals surface area contributed by atoms with Crippen LogP contribution in [0.5, 0.6) is 11.5 Å². The maximum atomic E-state index is 13.1. The molecule has 1 aromatic rings. The first-order valence-corrected chi connectivity index (χ1v) is 8.15. The highest BCUT2D eigenvalue weighted by Crippen LogP contribution is 2.42. The molecule has 2 atom stereocenters. The van der Waals surface area contributed by atoms with Crippen molar-refractivity contribution in [2.24, 2.45) is 0 Å². The largest absolute Gasteiger partial charge is 0.454 e. The molecule has 3 rings (SSSR count). The van der Waals surface area contributed by atoms with Crippen molar-refractivity contribution in [1.82, 2.24) is 0 Å². The van der Waals surface area contributed by atoms with Gasteiger partial charge in [-0.05, 0) is 39.0 Å². The highest BCUT2D eigenvalue weighted by atomic mass is 16.8. The van der Waals surface area contributed by atoms with Gasteiger partial charge in [0.2, 0.25) is 6.79 Å². The number of benzene rings is 1. The third-order valence-electron chi connectivity index (χ3n) is 4.43. The summed E-state index contributed by atoms with van der Waals surface area (Å²) in [7, 11) is 3.10. The molecule has 2 aliphatic rings. The zero-order chi connectivity index (χ0) is 18.2. The molecule has 25 heavy (non-hydrogen) atoms. The van der Waals surface area contributed by atoms with Crippen LogP contribution in [-0.2, 0) is 18.9 Å². The molecule has 0 unspecified atom stereocenters. The Morgan fingerprint density at radius 1 is 1.20 bits per heavy atom. The van der Waals surface area contributed by atoms with Gasteiger partial charge in [0.05, 0.1) is 0 Å². The van der Waals surface area contributed by atoms with Gasteiger partial charge in [0.25, 0.3) is 0 Å². The maximum Gasteiger partial charge on any atom is 0.231 e. The van der Waals surface area contributed by atoms with E-state index in [0.717, 1.165) is 0 Å². The average molecular weight is 352 g/mol. The lowest BCUT2D eigenvalue weighted by Gasteiger charge is -2.31. The number of Topliss-reactive ketones (excluding diaryl/α,β-unsaturated/α-hetero) is 1. The molecule has 0 amide bonds. The summed E-state index contributed by atoms with van der Waals surface area (Å²) in [6, 6.07) is 5.10. The van der Waals surface area contributed by atoms with Gasteiger partial charge in [-0.15, -0.1) is 0 Å². The van der Waals surface area contributed by atoms with Gasteiger partial charge >= 0.3 is 0 Å². The van der Waals surface area contributed by atoms with E-state index in [1.54, 1.807) is 46.3 Å². The minimum Gasteiger partial charge on any atom is -0.454 e. The Labute approximate surface area is 147 Å². The van der Waals surface area contributed by atoms with Crippen LogP contribution < -0.4 is 9.47 Å². The Hall–Kier alpha value is -1.67. The normalized spacial score (nSPS) is 27.0. The Kier molecular flexibility index (Phi) is 4.76. The number of hydrogen-bond acceptors (Lipinski definition) is 7. The lowest BCUT2D eigenvalue weighted by Crippen LogP contribution is -2.45. The molecule has 0 saturated carbocycles. The SMILES string of the molecule is COC(C[C@]1(C)OC(C)(C)O[C@@H]1C(=O)c1ccc2c(c1)OCO2)OC. The van der Waals surface area contributed by atoms with Gasteiger partial charge in [0.1, 0.15) is 5.60 Å². The molecule has 0 aromatic heterocycles. The van der Waals surface area contributed by atoms with Crippen LogP contribution >= 0.6 is 0 Å². The smallest absolute Gasteiger partial charge is 0.231 e.